The van der Waals surface area contributed by atoms with Gasteiger partial charge in [0.15, 0.2) is 0 Å². The van der Waals surface area contributed by atoms with Gasteiger partial charge in [0.2, 0.25) is 5.95 Å². The third-order valence-corrected chi connectivity index (χ3v) is 3.33. The fraction of sp³-hybridized carbons (Fsp3) is 0.286. The Morgan fingerprint density at radius 1 is 1.21 bits per heavy atom. The Kier molecular flexibility index (Phi) is 3.75. The number of rotatable bonds is 2. The average Bonchev–Trinajstić information content (AvgIpc) is 2.33. The van der Waals surface area contributed by atoms with Gasteiger partial charge in [0.25, 0.3) is 0 Å². The van der Waals surface area contributed by atoms with Crippen LogP contribution in [0.1, 0.15) is 26.3 Å². The molecule has 100 valence electrons. The second-order valence-electron chi connectivity index (χ2n) is 5.35. The van der Waals surface area contributed by atoms with Crippen LogP contribution in [-0.2, 0) is 5.41 Å². The van der Waals surface area contributed by atoms with Gasteiger partial charge in [0.1, 0.15) is 5.82 Å². The monoisotopic (exact) mass is 320 g/mol. The van der Waals surface area contributed by atoms with Crippen LogP contribution in [0, 0.1) is 0 Å². The van der Waals surface area contributed by atoms with Crippen LogP contribution in [0.2, 0.25) is 0 Å². The van der Waals surface area contributed by atoms with E-state index in [0.29, 0.717) is 5.82 Å². The fourth-order valence-electron chi connectivity index (χ4n) is 1.84. The molecule has 1 aromatic carbocycles. The van der Waals surface area contributed by atoms with E-state index < -0.39 is 0 Å². The number of nitrogen functional groups attached to an aromatic ring is 1. The van der Waals surface area contributed by atoms with Crippen molar-refractivity contribution >= 4 is 33.4 Å². The van der Waals surface area contributed by atoms with Gasteiger partial charge in [-0.05, 0) is 33.0 Å². The zero-order valence-electron chi connectivity index (χ0n) is 11.2. The number of benzene rings is 1. The molecule has 2 aromatic rings. The SMILES string of the molecule is CC(C)(C)c1ccccc1Nc1nc(N)ncc1Br. The summed E-state index contributed by atoms with van der Waals surface area (Å²) in [6.07, 6.45) is 1.64. The van der Waals surface area contributed by atoms with Crippen molar-refractivity contribution in [3.8, 4) is 0 Å². The van der Waals surface area contributed by atoms with E-state index >= 15 is 0 Å². The van der Waals surface area contributed by atoms with Gasteiger partial charge < -0.3 is 11.1 Å². The number of aromatic nitrogens is 2. The molecule has 19 heavy (non-hydrogen) atoms. The van der Waals surface area contributed by atoms with Crippen LogP contribution in [0.5, 0.6) is 0 Å². The zero-order valence-corrected chi connectivity index (χ0v) is 12.8. The van der Waals surface area contributed by atoms with Crippen LogP contribution in [0.3, 0.4) is 0 Å². The standard InChI is InChI=1S/C14H17BrN4/c1-14(2,3)9-6-4-5-7-11(9)18-12-10(15)8-17-13(16)19-12/h4-8H,1-3H3,(H3,16,17,18,19). The molecule has 0 fully saturated rings. The Hall–Kier alpha value is -1.62. The third kappa shape index (κ3) is 3.23. The minimum atomic E-state index is 0.0502. The highest BCUT2D eigenvalue weighted by atomic mass is 79.9. The first-order valence-electron chi connectivity index (χ1n) is 6.02. The summed E-state index contributed by atoms with van der Waals surface area (Å²) < 4.78 is 0.783. The highest BCUT2D eigenvalue weighted by Crippen LogP contribution is 2.32. The molecule has 3 N–H and O–H groups in total. The number of anilines is 3. The van der Waals surface area contributed by atoms with Crippen LogP contribution < -0.4 is 11.1 Å². The quantitative estimate of drug-likeness (QED) is 0.881. The summed E-state index contributed by atoms with van der Waals surface area (Å²) in [7, 11) is 0. The first-order valence-corrected chi connectivity index (χ1v) is 6.82. The Morgan fingerprint density at radius 3 is 2.58 bits per heavy atom. The van der Waals surface area contributed by atoms with Gasteiger partial charge in [-0.15, -0.1) is 0 Å². The van der Waals surface area contributed by atoms with Crippen LogP contribution in [0.15, 0.2) is 34.9 Å². The normalized spacial score (nSPS) is 11.4. The van der Waals surface area contributed by atoms with Crippen LogP contribution >= 0.6 is 15.9 Å². The molecule has 0 saturated carbocycles. The summed E-state index contributed by atoms with van der Waals surface area (Å²) in [5.74, 6) is 0.920. The predicted octanol–water partition coefficient (Wildman–Crippen LogP) is 3.86. The number of nitrogens with one attached hydrogen (secondary N) is 1. The zero-order chi connectivity index (χ0) is 14.0. The van der Waals surface area contributed by atoms with Crippen molar-refractivity contribution in [3.05, 3.63) is 40.5 Å². The second kappa shape index (κ2) is 5.17. The van der Waals surface area contributed by atoms with Gasteiger partial charge in [0, 0.05) is 11.9 Å². The van der Waals surface area contributed by atoms with Crippen molar-refractivity contribution in [2.45, 2.75) is 26.2 Å². The molecule has 0 bridgehead atoms. The second-order valence-corrected chi connectivity index (χ2v) is 6.20. The van der Waals surface area contributed by atoms with Crippen molar-refractivity contribution in [2.75, 3.05) is 11.1 Å². The Labute approximate surface area is 121 Å². The fourth-order valence-corrected chi connectivity index (χ4v) is 2.13. The summed E-state index contributed by atoms with van der Waals surface area (Å²) >= 11 is 3.42. The van der Waals surface area contributed by atoms with Crippen molar-refractivity contribution in [1.82, 2.24) is 9.97 Å². The number of hydrogen-bond donors (Lipinski definition) is 2. The maximum atomic E-state index is 5.62. The molecule has 0 unspecified atom stereocenters. The maximum Gasteiger partial charge on any atom is 0.222 e. The number of para-hydroxylation sites is 1. The number of nitrogens with two attached hydrogens (primary N) is 1. The molecule has 4 nitrogen and oxygen atoms in total. The Morgan fingerprint density at radius 2 is 1.89 bits per heavy atom. The van der Waals surface area contributed by atoms with E-state index in [0.717, 1.165) is 10.2 Å². The summed E-state index contributed by atoms with van der Waals surface area (Å²) in [6, 6.07) is 8.18. The first kappa shape index (κ1) is 13.8. The molecule has 0 spiro atoms. The molecule has 1 aromatic heterocycles. The lowest BCUT2D eigenvalue weighted by Crippen LogP contribution is -2.14. The average molecular weight is 321 g/mol. The van der Waals surface area contributed by atoms with Crippen LogP contribution in [0.25, 0.3) is 0 Å². The van der Waals surface area contributed by atoms with E-state index in [1.54, 1.807) is 6.20 Å². The third-order valence-electron chi connectivity index (χ3n) is 2.75. The van der Waals surface area contributed by atoms with Gasteiger partial charge in [-0.1, -0.05) is 39.0 Å². The molecular weight excluding hydrogens is 304 g/mol. The molecule has 0 aliphatic heterocycles. The lowest BCUT2D eigenvalue weighted by atomic mass is 9.86. The van der Waals surface area contributed by atoms with Gasteiger partial charge in [-0.25, -0.2) is 4.98 Å². The van der Waals surface area contributed by atoms with Crippen molar-refractivity contribution in [3.63, 3.8) is 0 Å². The van der Waals surface area contributed by atoms with Crippen molar-refractivity contribution < 1.29 is 0 Å². The highest BCUT2D eigenvalue weighted by molar-refractivity contribution is 9.10. The van der Waals surface area contributed by atoms with E-state index in [-0.39, 0.29) is 11.4 Å². The van der Waals surface area contributed by atoms with E-state index in [4.69, 9.17) is 5.73 Å². The lowest BCUT2D eigenvalue weighted by molar-refractivity contribution is 0.592. The number of halogens is 1. The van der Waals surface area contributed by atoms with E-state index in [2.05, 4.69) is 58.1 Å². The summed E-state index contributed by atoms with van der Waals surface area (Å²) in [5, 5.41) is 3.31. The van der Waals surface area contributed by atoms with E-state index in [9.17, 15) is 0 Å². The molecule has 2 rings (SSSR count). The smallest absolute Gasteiger partial charge is 0.222 e. The number of nitrogens with zero attached hydrogens (tertiary/aromatic N) is 2. The number of hydrogen-bond acceptors (Lipinski definition) is 4. The highest BCUT2D eigenvalue weighted by Gasteiger charge is 2.18. The van der Waals surface area contributed by atoms with E-state index in [1.165, 1.54) is 5.56 Å². The topological polar surface area (TPSA) is 63.8 Å². The molecule has 0 atom stereocenters. The Balaban J connectivity index is 2.41. The van der Waals surface area contributed by atoms with Crippen LogP contribution in [-0.4, -0.2) is 9.97 Å². The van der Waals surface area contributed by atoms with Gasteiger partial charge in [0.05, 0.1) is 4.47 Å². The molecule has 0 radical (unpaired) electrons. The lowest BCUT2D eigenvalue weighted by Gasteiger charge is -2.23. The van der Waals surface area contributed by atoms with E-state index in [1.807, 2.05) is 18.2 Å². The minimum Gasteiger partial charge on any atom is -0.368 e. The predicted molar refractivity (Wildman–Crippen MR) is 82.6 cm³/mol. The largest absolute Gasteiger partial charge is 0.368 e. The summed E-state index contributed by atoms with van der Waals surface area (Å²) in [4.78, 5) is 8.13. The summed E-state index contributed by atoms with van der Waals surface area (Å²) in [5.41, 5.74) is 7.92. The molecule has 1 heterocycles. The molecule has 0 aliphatic carbocycles. The van der Waals surface area contributed by atoms with Crippen LogP contribution in [0.4, 0.5) is 17.5 Å². The summed E-state index contributed by atoms with van der Waals surface area (Å²) in [6.45, 7) is 6.53. The van der Waals surface area contributed by atoms with Crippen molar-refractivity contribution in [2.24, 2.45) is 0 Å². The van der Waals surface area contributed by atoms with Gasteiger partial charge >= 0.3 is 0 Å². The van der Waals surface area contributed by atoms with Gasteiger partial charge in [-0.3, -0.25) is 0 Å². The molecule has 5 heteroatoms. The van der Waals surface area contributed by atoms with Gasteiger partial charge in [-0.2, -0.15) is 4.98 Å². The molecule has 0 saturated heterocycles. The maximum absolute atomic E-state index is 5.62. The Bertz CT molecular complexity index is 590. The molecular formula is C14H17BrN4. The van der Waals surface area contributed by atoms with Crippen molar-refractivity contribution in [1.29, 1.82) is 0 Å². The molecule has 0 amide bonds. The first-order chi connectivity index (χ1) is 8.88. The molecule has 0 aliphatic rings. The minimum absolute atomic E-state index is 0.0502.